The summed E-state index contributed by atoms with van der Waals surface area (Å²) < 4.78 is 5.09. The van der Waals surface area contributed by atoms with E-state index in [1.165, 1.54) is 7.11 Å². The van der Waals surface area contributed by atoms with Crippen molar-refractivity contribution in [2.24, 2.45) is 0 Å². The van der Waals surface area contributed by atoms with Crippen molar-refractivity contribution in [2.75, 3.05) is 25.6 Å². The van der Waals surface area contributed by atoms with E-state index in [2.05, 4.69) is 18.5 Å². The van der Waals surface area contributed by atoms with Gasteiger partial charge in [-0.2, -0.15) is 11.8 Å². The van der Waals surface area contributed by atoms with Crippen LogP contribution in [0.1, 0.15) is 23.7 Å². The summed E-state index contributed by atoms with van der Waals surface area (Å²) >= 11 is 1.79. The zero-order valence-electron chi connectivity index (χ0n) is 11.0. The fourth-order valence-corrected chi connectivity index (χ4v) is 1.88. The molecule has 0 aliphatic carbocycles. The van der Waals surface area contributed by atoms with Gasteiger partial charge in [0.25, 0.3) is 5.91 Å². The van der Waals surface area contributed by atoms with Crippen LogP contribution >= 0.6 is 11.8 Å². The van der Waals surface area contributed by atoms with Crippen LogP contribution < -0.4 is 15.8 Å². The highest BCUT2D eigenvalue weighted by Gasteiger charge is 2.12. The minimum Gasteiger partial charge on any atom is -0.495 e. The van der Waals surface area contributed by atoms with Gasteiger partial charge in [0.1, 0.15) is 5.75 Å². The van der Waals surface area contributed by atoms with E-state index in [0.717, 1.165) is 6.42 Å². The number of anilines is 1. The molecule has 18 heavy (non-hydrogen) atoms. The minimum absolute atomic E-state index is 0.153. The van der Waals surface area contributed by atoms with Gasteiger partial charge in [-0.25, -0.2) is 0 Å². The molecule has 0 fully saturated rings. The molecular weight excluding hydrogens is 248 g/mol. The van der Waals surface area contributed by atoms with Crippen molar-refractivity contribution < 1.29 is 9.53 Å². The number of methoxy groups -OCH3 is 1. The smallest absolute Gasteiger partial charge is 0.253 e. The van der Waals surface area contributed by atoms with Gasteiger partial charge in [0.05, 0.1) is 18.4 Å². The number of rotatable bonds is 6. The summed E-state index contributed by atoms with van der Waals surface area (Å²) in [5, 5.41) is 3.40. The van der Waals surface area contributed by atoms with Crippen LogP contribution in [0.15, 0.2) is 18.2 Å². The van der Waals surface area contributed by atoms with Crippen molar-refractivity contribution in [3.05, 3.63) is 23.8 Å². The number of hydrogen-bond donors (Lipinski definition) is 2. The first kappa shape index (κ1) is 14.7. The first-order chi connectivity index (χ1) is 8.60. The lowest BCUT2D eigenvalue weighted by molar-refractivity contribution is 0.0954. The van der Waals surface area contributed by atoms with Gasteiger partial charge < -0.3 is 15.8 Å². The summed E-state index contributed by atoms with van der Waals surface area (Å²) in [6, 6.07) is 5.20. The highest BCUT2D eigenvalue weighted by Crippen LogP contribution is 2.24. The van der Waals surface area contributed by atoms with E-state index >= 15 is 0 Å². The second-order valence-electron chi connectivity index (χ2n) is 4.01. The van der Waals surface area contributed by atoms with Crippen LogP contribution in [-0.2, 0) is 0 Å². The number of nitrogen functional groups attached to an aromatic ring is 1. The quantitative estimate of drug-likeness (QED) is 0.776. The van der Waals surface area contributed by atoms with Crippen molar-refractivity contribution in [3.63, 3.8) is 0 Å². The lowest BCUT2D eigenvalue weighted by Crippen LogP contribution is -2.26. The normalized spacial score (nSPS) is 11.9. The molecule has 0 aliphatic heterocycles. The number of thioether (sulfide) groups is 1. The molecule has 0 aliphatic rings. The number of carbonyl (C=O) groups excluding carboxylic acids is 1. The molecule has 1 rings (SSSR count). The Bertz CT molecular complexity index is 410. The Kier molecular flexibility index (Phi) is 5.85. The summed E-state index contributed by atoms with van der Waals surface area (Å²) in [5.41, 5.74) is 6.71. The topological polar surface area (TPSA) is 64.3 Å². The largest absolute Gasteiger partial charge is 0.495 e. The zero-order chi connectivity index (χ0) is 13.5. The average molecular weight is 268 g/mol. The van der Waals surface area contributed by atoms with Gasteiger partial charge in [-0.1, -0.05) is 13.0 Å². The molecule has 0 radical (unpaired) electrons. The molecule has 3 N–H and O–H groups in total. The third kappa shape index (κ3) is 3.84. The van der Waals surface area contributed by atoms with Crippen molar-refractivity contribution in [1.82, 2.24) is 5.32 Å². The molecule has 1 atom stereocenters. The molecule has 0 saturated heterocycles. The Hall–Kier alpha value is -1.36. The highest BCUT2D eigenvalue weighted by molar-refractivity contribution is 7.99. The van der Waals surface area contributed by atoms with Gasteiger partial charge in [-0.15, -0.1) is 0 Å². The van der Waals surface area contributed by atoms with Crippen LogP contribution in [-0.4, -0.2) is 31.1 Å². The number of para-hydroxylation sites is 1. The summed E-state index contributed by atoms with van der Waals surface area (Å²) in [5.74, 6) is 0.375. The lowest BCUT2D eigenvalue weighted by Gasteiger charge is -2.12. The van der Waals surface area contributed by atoms with Crippen molar-refractivity contribution in [2.45, 2.75) is 18.6 Å². The number of hydrogen-bond acceptors (Lipinski definition) is 4. The van der Waals surface area contributed by atoms with Crippen molar-refractivity contribution >= 4 is 23.4 Å². The van der Waals surface area contributed by atoms with Crippen molar-refractivity contribution in [3.8, 4) is 5.75 Å². The number of amides is 1. The maximum absolute atomic E-state index is 12.0. The highest BCUT2D eigenvalue weighted by atomic mass is 32.2. The summed E-state index contributed by atoms with van der Waals surface area (Å²) in [4.78, 5) is 12.0. The Morgan fingerprint density at radius 1 is 1.56 bits per heavy atom. The lowest BCUT2D eigenvalue weighted by atomic mass is 10.1. The number of nitrogens with one attached hydrogen (secondary N) is 1. The number of benzene rings is 1. The molecule has 0 spiro atoms. The van der Waals surface area contributed by atoms with Crippen LogP contribution in [0.4, 0.5) is 5.69 Å². The van der Waals surface area contributed by atoms with Gasteiger partial charge in [-0.3, -0.25) is 4.79 Å². The molecule has 5 heteroatoms. The van der Waals surface area contributed by atoms with E-state index < -0.39 is 0 Å². The fraction of sp³-hybridized carbons (Fsp3) is 0.462. The van der Waals surface area contributed by atoms with E-state index in [9.17, 15) is 4.79 Å². The SMILES string of the molecule is COc1cccc(C(=O)NCCC(C)SC)c1N. The summed E-state index contributed by atoms with van der Waals surface area (Å²) in [7, 11) is 1.54. The number of carbonyl (C=O) groups is 1. The Morgan fingerprint density at radius 2 is 2.28 bits per heavy atom. The van der Waals surface area contributed by atoms with Gasteiger partial charge in [-0.05, 0) is 24.8 Å². The predicted octanol–water partition coefficient (Wildman–Crippen LogP) is 2.15. The minimum atomic E-state index is -0.153. The third-order valence-electron chi connectivity index (χ3n) is 2.77. The average Bonchev–Trinajstić information content (AvgIpc) is 2.38. The standard InChI is InChI=1S/C13H20N2O2S/c1-9(18-3)7-8-15-13(16)10-5-4-6-11(17-2)12(10)14/h4-6,9H,7-8,14H2,1-3H3,(H,15,16). The van der Waals surface area contributed by atoms with Gasteiger partial charge in [0.15, 0.2) is 0 Å². The first-order valence-corrected chi connectivity index (χ1v) is 7.12. The first-order valence-electron chi connectivity index (χ1n) is 5.83. The van der Waals surface area contributed by atoms with Gasteiger partial charge in [0, 0.05) is 11.8 Å². The molecule has 1 aromatic carbocycles. The van der Waals surface area contributed by atoms with Crippen LogP contribution in [0.25, 0.3) is 0 Å². The van der Waals surface area contributed by atoms with Crippen LogP contribution in [0.3, 0.4) is 0 Å². The van der Waals surface area contributed by atoms with Gasteiger partial charge in [0.2, 0.25) is 0 Å². The number of ether oxygens (including phenoxy) is 1. The molecular formula is C13H20N2O2S. The molecule has 0 bridgehead atoms. The second kappa shape index (κ2) is 7.16. The second-order valence-corrected chi connectivity index (χ2v) is 5.29. The van der Waals surface area contributed by atoms with Crippen molar-refractivity contribution in [1.29, 1.82) is 0 Å². The Balaban J connectivity index is 2.62. The van der Waals surface area contributed by atoms with Crippen LogP contribution in [0, 0.1) is 0 Å². The molecule has 1 unspecified atom stereocenters. The molecule has 1 aromatic rings. The number of nitrogens with two attached hydrogens (primary N) is 1. The maximum Gasteiger partial charge on any atom is 0.253 e. The third-order valence-corrected chi connectivity index (χ3v) is 3.81. The van der Waals surface area contributed by atoms with Crippen LogP contribution in [0.5, 0.6) is 5.75 Å². The maximum atomic E-state index is 12.0. The van der Waals surface area contributed by atoms with E-state index in [0.29, 0.717) is 28.8 Å². The molecule has 1 amide bonds. The molecule has 100 valence electrons. The van der Waals surface area contributed by atoms with E-state index in [1.807, 2.05) is 0 Å². The molecule has 4 nitrogen and oxygen atoms in total. The monoisotopic (exact) mass is 268 g/mol. The summed E-state index contributed by atoms with van der Waals surface area (Å²) in [6.07, 6.45) is 3.00. The molecule has 0 aromatic heterocycles. The van der Waals surface area contributed by atoms with E-state index in [-0.39, 0.29) is 5.91 Å². The van der Waals surface area contributed by atoms with Gasteiger partial charge >= 0.3 is 0 Å². The fourth-order valence-electron chi connectivity index (χ4n) is 1.52. The van der Waals surface area contributed by atoms with E-state index in [4.69, 9.17) is 10.5 Å². The summed E-state index contributed by atoms with van der Waals surface area (Å²) in [6.45, 7) is 2.79. The zero-order valence-corrected chi connectivity index (χ0v) is 11.8. The molecule has 0 heterocycles. The molecule has 0 saturated carbocycles. The predicted molar refractivity (Wildman–Crippen MR) is 77.3 cm³/mol. The van der Waals surface area contributed by atoms with E-state index in [1.54, 1.807) is 30.0 Å². The Morgan fingerprint density at radius 3 is 2.89 bits per heavy atom. The van der Waals surface area contributed by atoms with Crippen LogP contribution in [0.2, 0.25) is 0 Å². The Labute approximate surface area is 112 Å².